The normalized spacial score (nSPS) is 11.3. The molecule has 0 aliphatic heterocycles. The van der Waals surface area contributed by atoms with Gasteiger partial charge in [-0.1, -0.05) is 30.0 Å². The molecule has 1 aromatic heterocycles. The maximum Gasteiger partial charge on any atom is 0.405 e. The Labute approximate surface area is 150 Å². The van der Waals surface area contributed by atoms with Gasteiger partial charge in [-0.3, -0.25) is 10.1 Å². The number of amides is 3. The monoisotopic (exact) mass is 388 g/mol. The molecule has 0 fully saturated rings. The zero-order chi connectivity index (χ0) is 19.3. The Morgan fingerprint density at radius 2 is 1.88 bits per heavy atom. The first-order valence-corrected chi connectivity index (χ1v) is 8.28. The van der Waals surface area contributed by atoms with Gasteiger partial charge in [0.1, 0.15) is 6.54 Å². The van der Waals surface area contributed by atoms with Crippen LogP contribution < -0.4 is 10.6 Å². The van der Waals surface area contributed by atoms with E-state index in [2.05, 4.69) is 15.5 Å². The largest absolute Gasteiger partial charge is 0.405 e. The topological polar surface area (TPSA) is 102 Å². The lowest BCUT2D eigenvalue weighted by atomic mass is 10.1. The van der Waals surface area contributed by atoms with Crippen molar-refractivity contribution >= 4 is 23.7 Å². The molecular weight excluding hydrogens is 373 g/mol. The van der Waals surface area contributed by atoms with Crippen molar-refractivity contribution in [3.8, 4) is 5.69 Å². The Hall–Kier alpha value is -2.63. The van der Waals surface area contributed by atoms with Crippen LogP contribution in [0.4, 0.5) is 18.0 Å². The van der Waals surface area contributed by atoms with Gasteiger partial charge >= 0.3 is 12.2 Å². The molecule has 26 heavy (non-hydrogen) atoms. The molecule has 0 aliphatic carbocycles. The van der Waals surface area contributed by atoms with Crippen molar-refractivity contribution in [2.75, 3.05) is 12.3 Å². The number of rotatable bonds is 5. The second-order valence-corrected chi connectivity index (χ2v) is 6.19. The number of carbonyl (C=O) groups is 2. The fourth-order valence-electron chi connectivity index (χ4n) is 2.07. The summed E-state index contributed by atoms with van der Waals surface area (Å²) in [6.07, 6.45) is -4.55. The van der Waals surface area contributed by atoms with Gasteiger partial charge in [-0.2, -0.15) is 17.9 Å². The molecule has 2 aromatic rings. The first kappa shape index (κ1) is 19.7. The molecule has 1 aromatic carbocycles. The van der Waals surface area contributed by atoms with Crippen LogP contribution >= 0.6 is 11.8 Å². The SMILES string of the molecule is Cc1cccc(C)c1-n1nnnc1SCC(=O)NC(=O)NCC(F)(F)F. The number of benzene rings is 1. The van der Waals surface area contributed by atoms with Crippen LogP contribution in [0.15, 0.2) is 23.4 Å². The third-order valence-corrected chi connectivity index (χ3v) is 4.05. The van der Waals surface area contributed by atoms with Gasteiger partial charge in [0.15, 0.2) is 0 Å². The Morgan fingerprint density at radius 1 is 1.23 bits per heavy atom. The average Bonchev–Trinajstić information content (AvgIpc) is 2.98. The van der Waals surface area contributed by atoms with Crippen molar-refractivity contribution in [2.45, 2.75) is 25.2 Å². The molecular formula is C14H15F3N6O2S. The Balaban J connectivity index is 1.96. The summed E-state index contributed by atoms with van der Waals surface area (Å²) in [5.41, 5.74) is 2.62. The fourth-order valence-corrected chi connectivity index (χ4v) is 2.74. The number of nitrogens with zero attached hydrogens (tertiary/aromatic N) is 4. The molecule has 0 radical (unpaired) electrons. The predicted octanol–water partition coefficient (Wildman–Crippen LogP) is 1.76. The van der Waals surface area contributed by atoms with Crippen LogP contribution in [-0.2, 0) is 4.79 Å². The van der Waals surface area contributed by atoms with E-state index in [9.17, 15) is 22.8 Å². The summed E-state index contributed by atoms with van der Waals surface area (Å²) in [6.45, 7) is 2.25. The number of aromatic nitrogens is 4. The van der Waals surface area contributed by atoms with Gasteiger partial charge in [0, 0.05) is 0 Å². The van der Waals surface area contributed by atoms with E-state index in [1.807, 2.05) is 37.4 Å². The highest BCUT2D eigenvalue weighted by atomic mass is 32.2. The molecule has 0 saturated carbocycles. The van der Waals surface area contributed by atoms with E-state index in [0.29, 0.717) is 5.16 Å². The molecule has 0 unspecified atom stereocenters. The molecule has 12 heteroatoms. The number of carbonyl (C=O) groups excluding carboxylic acids is 2. The second-order valence-electron chi connectivity index (χ2n) is 5.25. The average molecular weight is 388 g/mol. The Kier molecular flexibility index (Phi) is 6.18. The molecule has 3 amide bonds. The predicted molar refractivity (Wildman–Crippen MR) is 86.9 cm³/mol. The van der Waals surface area contributed by atoms with Crippen molar-refractivity contribution in [1.29, 1.82) is 0 Å². The number of tetrazole rings is 1. The van der Waals surface area contributed by atoms with Crippen LogP contribution in [0.25, 0.3) is 5.69 Å². The molecule has 1 heterocycles. The fraction of sp³-hybridized carbons (Fsp3) is 0.357. The highest BCUT2D eigenvalue weighted by Crippen LogP contribution is 2.23. The summed E-state index contributed by atoms with van der Waals surface area (Å²) in [7, 11) is 0. The summed E-state index contributed by atoms with van der Waals surface area (Å²) >= 11 is 0.952. The number of thioether (sulfide) groups is 1. The van der Waals surface area contributed by atoms with E-state index in [-0.39, 0.29) is 5.75 Å². The molecule has 0 spiro atoms. The molecule has 0 atom stereocenters. The first-order chi connectivity index (χ1) is 12.2. The molecule has 8 nitrogen and oxygen atoms in total. The zero-order valence-electron chi connectivity index (χ0n) is 13.8. The van der Waals surface area contributed by atoms with Gasteiger partial charge < -0.3 is 5.32 Å². The molecule has 0 saturated heterocycles. The van der Waals surface area contributed by atoms with Crippen LogP contribution in [0.5, 0.6) is 0 Å². The van der Waals surface area contributed by atoms with Crippen LogP contribution in [-0.4, -0.2) is 50.6 Å². The smallest absolute Gasteiger partial charge is 0.329 e. The van der Waals surface area contributed by atoms with Gasteiger partial charge in [-0.05, 0) is 35.4 Å². The number of hydrogen-bond acceptors (Lipinski definition) is 6. The van der Waals surface area contributed by atoms with Gasteiger partial charge in [0.05, 0.1) is 11.4 Å². The van der Waals surface area contributed by atoms with Crippen LogP contribution in [0.1, 0.15) is 11.1 Å². The number of nitrogens with one attached hydrogen (secondary N) is 2. The number of alkyl halides is 3. The summed E-state index contributed by atoms with van der Waals surface area (Å²) in [6, 6.07) is 4.44. The lowest BCUT2D eigenvalue weighted by Crippen LogP contribution is -2.43. The van der Waals surface area contributed by atoms with Crippen molar-refractivity contribution in [2.24, 2.45) is 0 Å². The lowest BCUT2D eigenvalue weighted by molar-refractivity contribution is -0.124. The van der Waals surface area contributed by atoms with E-state index in [0.717, 1.165) is 28.6 Å². The summed E-state index contributed by atoms with van der Waals surface area (Å²) < 4.78 is 37.5. The lowest BCUT2D eigenvalue weighted by Gasteiger charge is -2.11. The Bertz CT molecular complexity index is 788. The molecule has 140 valence electrons. The second kappa shape index (κ2) is 8.17. The highest BCUT2D eigenvalue weighted by Gasteiger charge is 2.28. The zero-order valence-corrected chi connectivity index (χ0v) is 14.6. The summed E-state index contributed by atoms with van der Waals surface area (Å²) in [5.74, 6) is -1.02. The van der Waals surface area contributed by atoms with Crippen molar-refractivity contribution < 1.29 is 22.8 Å². The van der Waals surface area contributed by atoms with E-state index in [4.69, 9.17) is 0 Å². The number of imide groups is 1. The number of urea groups is 1. The third-order valence-electron chi connectivity index (χ3n) is 3.13. The van der Waals surface area contributed by atoms with Crippen LogP contribution in [0.2, 0.25) is 0 Å². The van der Waals surface area contributed by atoms with E-state index in [1.165, 1.54) is 4.68 Å². The summed E-state index contributed by atoms with van der Waals surface area (Å²) in [5, 5.41) is 15.0. The van der Waals surface area contributed by atoms with Crippen molar-refractivity contribution in [1.82, 2.24) is 30.8 Å². The standard InChI is InChI=1S/C14H15F3N6O2S/c1-8-4-3-5-9(2)11(8)23-13(20-21-22-23)26-6-10(24)19-12(25)18-7-14(15,16)17/h3-5H,6-7H2,1-2H3,(H2,18,19,24,25). The minimum Gasteiger partial charge on any atom is -0.329 e. The van der Waals surface area contributed by atoms with Gasteiger partial charge in [0.25, 0.3) is 0 Å². The number of halogens is 3. The van der Waals surface area contributed by atoms with Crippen molar-refractivity contribution in [3.63, 3.8) is 0 Å². The van der Waals surface area contributed by atoms with E-state index in [1.54, 1.807) is 5.32 Å². The molecule has 0 aliphatic rings. The molecule has 2 rings (SSSR count). The number of hydrogen-bond donors (Lipinski definition) is 2. The highest BCUT2D eigenvalue weighted by molar-refractivity contribution is 7.99. The van der Waals surface area contributed by atoms with Crippen molar-refractivity contribution in [3.05, 3.63) is 29.3 Å². The number of aryl methyl sites for hydroxylation is 2. The molecule has 2 N–H and O–H groups in total. The van der Waals surface area contributed by atoms with Gasteiger partial charge in [0.2, 0.25) is 11.1 Å². The quantitative estimate of drug-likeness (QED) is 0.757. The van der Waals surface area contributed by atoms with Gasteiger partial charge in [-0.15, -0.1) is 5.10 Å². The van der Waals surface area contributed by atoms with Crippen LogP contribution in [0.3, 0.4) is 0 Å². The minimum absolute atomic E-state index is 0.245. The maximum absolute atomic E-state index is 12.0. The molecule has 0 bridgehead atoms. The Morgan fingerprint density at radius 3 is 2.50 bits per heavy atom. The van der Waals surface area contributed by atoms with Crippen LogP contribution in [0, 0.1) is 13.8 Å². The minimum atomic E-state index is -4.55. The van der Waals surface area contributed by atoms with Gasteiger partial charge in [-0.25, -0.2) is 4.79 Å². The maximum atomic E-state index is 12.0. The van der Waals surface area contributed by atoms with E-state index >= 15 is 0 Å². The van der Waals surface area contributed by atoms with E-state index < -0.39 is 24.7 Å². The first-order valence-electron chi connectivity index (χ1n) is 7.29. The number of para-hydroxylation sites is 1. The third kappa shape index (κ3) is 5.44. The summed E-state index contributed by atoms with van der Waals surface area (Å²) in [4.78, 5) is 22.9.